The third kappa shape index (κ3) is 4.01. The van der Waals surface area contributed by atoms with Gasteiger partial charge in [-0.1, -0.05) is 28.9 Å². The molecule has 0 aliphatic rings. The summed E-state index contributed by atoms with van der Waals surface area (Å²) in [5, 5.41) is 21.5. The molecule has 0 unspecified atom stereocenters. The Bertz CT molecular complexity index is 897. The topological polar surface area (TPSA) is 119 Å². The molecule has 2 aromatic heterocycles. The molecule has 0 aliphatic heterocycles. The molecule has 9 nitrogen and oxygen atoms in total. The van der Waals surface area contributed by atoms with Crippen LogP contribution in [0.5, 0.6) is 0 Å². The van der Waals surface area contributed by atoms with E-state index in [9.17, 15) is 10.1 Å². The maximum Gasteiger partial charge on any atom is 0.353 e. The fourth-order valence-electron chi connectivity index (χ4n) is 2.11. The summed E-state index contributed by atoms with van der Waals surface area (Å²) in [6.45, 7) is 2.06. The molecule has 0 atom stereocenters. The number of nitrogens with one attached hydrogen (secondary N) is 2. The molecular weight excluding hydrogens is 348 g/mol. The lowest BCUT2D eigenvalue weighted by atomic mass is 10.2. The van der Waals surface area contributed by atoms with Crippen molar-refractivity contribution in [3.63, 3.8) is 0 Å². The number of nitro groups is 1. The fraction of sp³-hybridized carbons (Fsp3) is 0.133. The number of hydrogen-bond donors (Lipinski definition) is 2. The van der Waals surface area contributed by atoms with Crippen LogP contribution < -0.4 is 10.6 Å². The maximum absolute atomic E-state index is 11.5. The first-order valence-electron chi connectivity index (χ1n) is 7.21. The van der Waals surface area contributed by atoms with Crippen LogP contribution in [0.3, 0.4) is 0 Å². The van der Waals surface area contributed by atoms with Crippen molar-refractivity contribution in [2.75, 3.05) is 10.6 Å². The van der Waals surface area contributed by atoms with Crippen molar-refractivity contribution >= 4 is 34.7 Å². The van der Waals surface area contributed by atoms with Gasteiger partial charge < -0.3 is 15.2 Å². The summed E-state index contributed by atoms with van der Waals surface area (Å²) in [5.74, 6) is 1.01. The highest BCUT2D eigenvalue weighted by Crippen LogP contribution is 2.31. The van der Waals surface area contributed by atoms with Crippen LogP contribution >= 0.6 is 11.6 Å². The SMILES string of the molecule is Cc1cc(Nc2ncnc(NCc3ccc(Cl)cc3)c2[N+](=O)[O-])no1. The average molecular weight is 361 g/mol. The smallest absolute Gasteiger partial charge is 0.353 e. The van der Waals surface area contributed by atoms with Crippen LogP contribution in [0.1, 0.15) is 11.3 Å². The van der Waals surface area contributed by atoms with E-state index in [0.29, 0.717) is 23.1 Å². The number of halogens is 1. The third-order valence-electron chi connectivity index (χ3n) is 3.25. The minimum atomic E-state index is -0.556. The Kier molecular flexibility index (Phi) is 4.75. The van der Waals surface area contributed by atoms with Gasteiger partial charge in [-0.15, -0.1) is 0 Å². The summed E-state index contributed by atoms with van der Waals surface area (Å²) in [5.41, 5.74) is 0.621. The van der Waals surface area contributed by atoms with Crippen molar-refractivity contribution in [1.29, 1.82) is 0 Å². The lowest BCUT2D eigenvalue weighted by Crippen LogP contribution is -2.08. The normalized spacial score (nSPS) is 10.5. The number of aryl methyl sites for hydroxylation is 1. The standard InChI is InChI=1S/C15H13ClN6O3/c1-9-6-12(21-25-9)20-15-13(22(23)24)14(18-8-19-15)17-7-10-2-4-11(16)5-3-10/h2-6,8H,7H2,1H3,(H2,17,18,19,20,21). The van der Waals surface area contributed by atoms with Gasteiger partial charge in [-0.2, -0.15) is 0 Å². The summed E-state index contributed by atoms with van der Waals surface area (Å²) in [6.07, 6.45) is 1.23. The Morgan fingerprint density at radius 2 is 1.96 bits per heavy atom. The number of hydrogen-bond acceptors (Lipinski definition) is 8. The van der Waals surface area contributed by atoms with Crippen LogP contribution in [-0.4, -0.2) is 20.0 Å². The van der Waals surface area contributed by atoms with E-state index < -0.39 is 4.92 Å². The van der Waals surface area contributed by atoms with E-state index in [4.69, 9.17) is 16.1 Å². The second-order valence-corrected chi connectivity index (χ2v) is 5.54. The third-order valence-corrected chi connectivity index (χ3v) is 3.50. The molecule has 3 rings (SSSR count). The molecule has 10 heteroatoms. The van der Waals surface area contributed by atoms with Crippen LogP contribution in [0.2, 0.25) is 5.02 Å². The van der Waals surface area contributed by atoms with Crippen molar-refractivity contribution in [3.8, 4) is 0 Å². The quantitative estimate of drug-likeness (QED) is 0.504. The number of aromatic nitrogens is 3. The van der Waals surface area contributed by atoms with Crippen LogP contribution in [-0.2, 0) is 6.54 Å². The number of anilines is 3. The minimum absolute atomic E-state index is 0.0203. The Hall–Kier alpha value is -3.20. The first kappa shape index (κ1) is 16.7. The van der Waals surface area contributed by atoms with E-state index in [1.165, 1.54) is 6.33 Å². The summed E-state index contributed by atoms with van der Waals surface area (Å²) in [7, 11) is 0. The van der Waals surface area contributed by atoms with Gasteiger partial charge in [0, 0.05) is 17.6 Å². The lowest BCUT2D eigenvalue weighted by molar-refractivity contribution is -0.383. The highest BCUT2D eigenvalue weighted by molar-refractivity contribution is 6.30. The number of rotatable bonds is 6. The molecule has 0 fully saturated rings. The van der Waals surface area contributed by atoms with E-state index in [1.807, 2.05) is 12.1 Å². The van der Waals surface area contributed by atoms with Crippen molar-refractivity contribution in [2.24, 2.45) is 0 Å². The van der Waals surface area contributed by atoms with Gasteiger partial charge in [-0.25, -0.2) is 9.97 Å². The molecule has 25 heavy (non-hydrogen) atoms. The molecule has 0 aliphatic carbocycles. The van der Waals surface area contributed by atoms with Gasteiger partial charge in [-0.05, 0) is 24.6 Å². The molecular formula is C15H13ClN6O3. The van der Waals surface area contributed by atoms with E-state index in [0.717, 1.165) is 5.56 Å². The summed E-state index contributed by atoms with van der Waals surface area (Å²) >= 11 is 5.84. The van der Waals surface area contributed by atoms with Crippen LogP contribution in [0.4, 0.5) is 23.1 Å². The maximum atomic E-state index is 11.5. The summed E-state index contributed by atoms with van der Waals surface area (Å²) < 4.78 is 4.93. The summed E-state index contributed by atoms with van der Waals surface area (Å²) in [4.78, 5) is 18.8. The van der Waals surface area contributed by atoms with Gasteiger partial charge in [0.15, 0.2) is 5.82 Å². The molecule has 1 aromatic carbocycles. The average Bonchev–Trinajstić information content (AvgIpc) is 2.99. The van der Waals surface area contributed by atoms with E-state index in [1.54, 1.807) is 25.1 Å². The predicted molar refractivity (Wildman–Crippen MR) is 92.0 cm³/mol. The van der Waals surface area contributed by atoms with Gasteiger partial charge in [0.2, 0.25) is 11.6 Å². The van der Waals surface area contributed by atoms with Crippen molar-refractivity contribution in [3.05, 3.63) is 63.1 Å². The monoisotopic (exact) mass is 360 g/mol. The zero-order valence-corrected chi connectivity index (χ0v) is 13.8. The molecule has 0 spiro atoms. The molecule has 0 amide bonds. The number of benzene rings is 1. The predicted octanol–water partition coefficient (Wildman–Crippen LogP) is 3.69. The Labute approximate surface area is 147 Å². The molecule has 0 bridgehead atoms. The molecule has 128 valence electrons. The molecule has 0 saturated carbocycles. The van der Waals surface area contributed by atoms with Gasteiger partial charge in [0.05, 0.1) is 4.92 Å². The fourth-order valence-corrected chi connectivity index (χ4v) is 2.23. The van der Waals surface area contributed by atoms with E-state index in [-0.39, 0.29) is 17.3 Å². The lowest BCUT2D eigenvalue weighted by Gasteiger charge is -2.09. The molecule has 2 heterocycles. The Balaban J connectivity index is 1.84. The number of nitrogens with zero attached hydrogens (tertiary/aromatic N) is 4. The molecule has 2 N–H and O–H groups in total. The highest BCUT2D eigenvalue weighted by atomic mass is 35.5. The van der Waals surface area contributed by atoms with Crippen molar-refractivity contribution in [2.45, 2.75) is 13.5 Å². The molecule has 0 radical (unpaired) electrons. The first-order valence-corrected chi connectivity index (χ1v) is 7.59. The second kappa shape index (κ2) is 7.14. The zero-order chi connectivity index (χ0) is 17.8. The van der Waals surface area contributed by atoms with Gasteiger partial charge in [-0.3, -0.25) is 10.1 Å². The largest absolute Gasteiger partial charge is 0.360 e. The Morgan fingerprint density at radius 1 is 1.24 bits per heavy atom. The second-order valence-electron chi connectivity index (χ2n) is 5.10. The van der Waals surface area contributed by atoms with E-state index in [2.05, 4.69) is 25.8 Å². The van der Waals surface area contributed by atoms with Crippen molar-refractivity contribution < 1.29 is 9.45 Å². The molecule has 0 saturated heterocycles. The Morgan fingerprint density at radius 3 is 2.60 bits per heavy atom. The molecule has 3 aromatic rings. The zero-order valence-electron chi connectivity index (χ0n) is 13.1. The van der Waals surface area contributed by atoms with Crippen LogP contribution in [0.25, 0.3) is 0 Å². The minimum Gasteiger partial charge on any atom is -0.360 e. The first-order chi connectivity index (χ1) is 12.0. The van der Waals surface area contributed by atoms with Gasteiger partial charge >= 0.3 is 5.69 Å². The summed E-state index contributed by atoms with van der Waals surface area (Å²) in [6, 6.07) is 8.73. The van der Waals surface area contributed by atoms with Gasteiger partial charge in [0.25, 0.3) is 0 Å². The highest BCUT2D eigenvalue weighted by Gasteiger charge is 2.23. The van der Waals surface area contributed by atoms with Crippen LogP contribution in [0.15, 0.2) is 41.2 Å². The van der Waals surface area contributed by atoms with Crippen molar-refractivity contribution in [1.82, 2.24) is 15.1 Å². The van der Waals surface area contributed by atoms with Gasteiger partial charge in [0.1, 0.15) is 12.1 Å². The van der Waals surface area contributed by atoms with Crippen LogP contribution in [0, 0.1) is 17.0 Å². The van der Waals surface area contributed by atoms with E-state index >= 15 is 0 Å².